The van der Waals surface area contributed by atoms with Gasteiger partial charge in [0.1, 0.15) is 0 Å². The van der Waals surface area contributed by atoms with Crippen molar-refractivity contribution in [1.82, 2.24) is 10.6 Å². The molecule has 0 saturated carbocycles. The average molecular weight is 215 g/mol. The van der Waals surface area contributed by atoms with Crippen LogP contribution in [0.1, 0.15) is 26.7 Å². The summed E-state index contributed by atoms with van der Waals surface area (Å²) in [5.41, 5.74) is 0. The molecular formula is C10H21N3S. The molecule has 0 fully saturated rings. The van der Waals surface area contributed by atoms with Crippen molar-refractivity contribution >= 4 is 17.7 Å². The predicted octanol–water partition coefficient (Wildman–Crippen LogP) is 1.46. The lowest BCUT2D eigenvalue weighted by Crippen LogP contribution is -2.43. The van der Waals surface area contributed by atoms with Gasteiger partial charge in [0.25, 0.3) is 0 Å². The van der Waals surface area contributed by atoms with Crippen molar-refractivity contribution in [3.05, 3.63) is 0 Å². The molecule has 2 N–H and O–H groups in total. The molecule has 0 atom stereocenters. The Balaban J connectivity index is 2.32. The van der Waals surface area contributed by atoms with Gasteiger partial charge in [-0.05, 0) is 32.9 Å². The van der Waals surface area contributed by atoms with Gasteiger partial charge in [-0.2, -0.15) is 11.8 Å². The van der Waals surface area contributed by atoms with E-state index in [-0.39, 0.29) is 4.75 Å². The van der Waals surface area contributed by atoms with Crippen molar-refractivity contribution in [1.29, 1.82) is 0 Å². The number of thioether (sulfide) groups is 1. The minimum atomic E-state index is 0.274. The molecule has 0 aromatic rings. The monoisotopic (exact) mass is 215 g/mol. The molecule has 82 valence electrons. The first kappa shape index (κ1) is 11.7. The molecule has 1 rings (SSSR count). The van der Waals surface area contributed by atoms with Crippen molar-refractivity contribution in [2.45, 2.75) is 31.4 Å². The van der Waals surface area contributed by atoms with Gasteiger partial charge < -0.3 is 10.6 Å². The number of hydrogen-bond acceptors (Lipinski definition) is 4. The Morgan fingerprint density at radius 1 is 1.50 bits per heavy atom. The summed E-state index contributed by atoms with van der Waals surface area (Å²) < 4.78 is 0.274. The first-order chi connectivity index (χ1) is 6.64. The Labute approximate surface area is 91.1 Å². The quantitative estimate of drug-likeness (QED) is 0.748. The smallest absolute Gasteiger partial charge is 0.191 e. The van der Waals surface area contributed by atoms with Crippen LogP contribution in [0, 0.1) is 0 Å². The number of rotatable bonds is 3. The van der Waals surface area contributed by atoms with Crippen molar-refractivity contribution in [3.8, 4) is 0 Å². The molecule has 0 unspecified atom stereocenters. The third-order valence-corrected chi connectivity index (χ3v) is 3.63. The molecule has 0 bridgehead atoms. The molecule has 0 aliphatic carbocycles. The first-order valence-corrected chi connectivity index (χ1v) is 6.44. The van der Waals surface area contributed by atoms with Gasteiger partial charge in [-0.15, -0.1) is 0 Å². The number of aliphatic imine (C=N–C) groups is 1. The largest absolute Gasteiger partial charge is 0.356 e. The third-order valence-electron chi connectivity index (χ3n) is 2.38. The number of nitrogens with zero attached hydrogens (tertiary/aromatic N) is 1. The fourth-order valence-corrected chi connectivity index (χ4v) is 1.39. The molecule has 0 radical (unpaired) electrons. The van der Waals surface area contributed by atoms with Gasteiger partial charge >= 0.3 is 0 Å². The van der Waals surface area contributed by atoms with Gasteiger partial charge in [-0.25, -0.2) is 0 Å². The Morgan fingerprint density at radius 2 is 2.29 bits per heavy atom. The Morgan fingerprint density at radius 3 is 3.00 bits per heavy atom. The molecule has 0 amide bonds. The van der Waals surface area contributed by atoms with Crippen molar-refractivity contribution in [2.24, 2.45) is 4.99 Å². The SMILES string of the molecule is CSC(C)(C)CNC1=NCCCCN1. The van der Waals surface area contributed by atoms with E-state index in [9.17, 15) is 0 Å². The molecule has 1 heterocycles. The fraction of sp³-hybridized carbons (Fsp3) is 0.900. The van der Waals surface area contributed by atoms with Crippen LogP contribution in [0.4, 0.5) is 0 Å². The minimum absolute atomic E-state index is 0.274. The summed E-state index contributed by atoms with van der Waals surface area (Å²) in [5.74, 6) is 0.977. The first-order valence-electron chi connectivity index (χ1n) is 5.21. The van der Waals surface area contributed by atoms with Crippen LogP contribution in [0.15, 0.2) is 4.99 Å². The van der Waals surface area contributed by atoms with Crippen LogP contribution in [0.2, 0.25) is 0 Å². The molecule has 0 spiro atoms. The molecule has 3 nitrogen and oxygen atoms in total. The zero-order valence-corrected chi connectivity index (χ0v) is 10.2. The van der Waals surface area contributed by atoms with Gasteiger partial charge in [0.05, 0.1) is 0 Å². The summed E-state index contributed by atoms with van der Waals surface area (Å²) in [4.78, 5) is 4.45. The van der Waals surface area contributed by atoms with Crippen molar-refractivity contribution in [2.75, 3.05) is 25.9 Å². The standard InChI is InChI=1S/C10H21N3S/c1-10(2,14-3)8-13-9-11-6-4-5-7-12-9/h4-8H2,1-3H3,(H2,11,12,13). The van der Waals surface area contributed by atoms with E-state index < -0.39 is 0 Å². The molecule has 0 aromatic heterocycles. The summed E-state index contributed by atoms with van der Waals surface area (Å²) in [6.45, 7) is 7.43. The zero-order valence-electron chi connectivity index (χ0n) is 9.39. The predicted molar refractivity (Wildman–Crippen MR) is 65.1 cm³/mol. The third kappa shape index (κ3) is 4.22. The van der Waals surface area contributed by atoms with E-state index in [1.807, 2.05) is 11.8 Å². The van der Waals surface area contributed by atoms with Crippen LogP contribution in [-0.4, -0.2) is 36.6 Å². The van der Waals surface area contributed by atoms with Crippen LogP contribution in [-0.2, 0) is 0 Å². The highest BCUT2D eigenvalue weighted by molar-refractivity contribution is 7.99. The summed E-state index contributed by atoms with van der Waals surface area (Å²) in [7, 11) is 0. The Kier molecular flexibility index (Phi) is 4.58. The van der Waals surface area contributed by atoms with E-state index >= 15 is 0 Å². The van der Waals surface area contributed by atoms with E-state index in [1.54, 1.807) is 0 Å². The maximum Gasteiger partial charge on any atom is 0.191 e. The van der Waals surface area contributed by atoms with Crippen LogP contribution in [0.3, 0.4) is 0 Å². The summed E-state index contributed by atoms with van der Waals surface area (Å²) in [6, 6.07) is 0. The summed E-state index contributed by atoms with van der Waals surface area (Å²) in [6.07, 6.45) is 4.56. The highest BCUT2D eigenvalue weighted by Gasteiger charge is 2.16. The lowest BCUT2D eigenvalue weighted by atomic mass is 10.2. The van der Waals surface area contributed by atoms with Crippen LogP contribution < -0.4 is 10.6 Å². The second-order valence-corrected chi connectivity index (χ2v) is 5.70. The summed E-state index contributed by atoms with van der Waals surface area (Å²) in [5, 5.41) is 6.68. The van der Waals surface area contributed by atoms with Gasteiger partial charge in [0, 0.05) is 24.4 Å². The van der Waals surface area contributed by atoms with Gasteiger partial charge in [-0.1, -0.05) is 0 Å². The number of guanidine groups is 1. The molecule has 0 aromatic carbocycles. The van der Waals surface area contributed by atoms with Crippen molar-refractivity contribution in [3.63, 3.8) is 0 Å². The summed E-state index contributed by atoms with van der Waals surface area (Å²) >= 11 is 1.88. The van der Waals surface area contributed by atoms with E-state index in [2.05, 4.69) is 35.7 Å². The normalized spacial score (nSPS) is 18.1. The average Bonchev–Trinajstić information content (AvgIpc) is 2.43. The Bertz CT molecular complexity index is 202. The minimum Gasteiger partial charge on any atom is -0.356 e. The van der Waals surface area contributed by atoms with Gasteiger partial charge in [0.15, 0.2) is 5.96 Å². The van der Waals surface area contributed by atoms with Crippen molar-refractivity contribution < 1.29 is 0 Å². The van der Waals surface area contributed by atoms with Gasteiger partial charge in [0.2, 0.25) is 0 Å². The highest BCUT2D eigenvalue weighted by atomic mass is 32.2. The van der Waals surface area contributed by atoms with E-state index in [0.29, 0.717) is 0 Å². The maximum atomic E-state index is 4.45. The Hall–Kier alpha value is -0.380. The molecular weight excluding hydrogens is 194 g/mol. The van der Waals surface area contributed by atoms with Crippen LogP contribution >= 0.6 is 11.8 Å². The number of nitrogens with one attached hydrogen (secondary N) is 2. The molecule has 4 heteroatoms. The number of hydrogen-bond donors (Lipinski definition) is 2. The zero-order chi connectivity index (χ0) is 10.4. The van der Waals surface area contributed by atoms with Gasteiger partial charge in [-0.3, -0.25) is 4.99 Å². The van der Waals surface area contributed by atoms with E-state index in [4.69, 9.17) is 0 Å². The fourth-order valence-electron chi connectivity index (χ4n) is 1.18. The van der Waals surface area contributed by atoms with Crippen LogP contribution in [0.5, 0.6) is 0 Å². The molecule has 1 aliphatic rings. The van der Waals surface area contributed by atoms with E-state index in [0.717, 1.165) is 25.6 Å². The van der Waals surface area contributed by atoms with Crippen LogP contribution in [0.25, 0.3) is 0 Å². The maximum absolute atomic E-state index is 4.45. The molecule has 14 heavy (non-hydrogen) atoms. The highest BCUT2D eigenvalue weighted by Crippen LogP contribution is 2.19. The lowest BCUT2D eigenvalue weighted by molar-refractivity contribution is 0.665. The second kappa shape index (κ2) is 5.49. The topological polar surface area (TPSA) is 36.4 Å². The molecule has 0 saturated heterocycles. The molecule has 1 aliphatic heterocycles. The van der Waals surface area contributed by atoms with E-state index in [1.165, 1.54) is 12.8 Å². The lowest BCUT2D eigenvalue weighted by Gasteiger charge is -2.23. The second-order valence-electron chi connectivity index (χ2n) is 4.18.